The Morgan fingerprint density at radius 2 is 1.43 bits per heavy atom. The van der Waals surface area contributed by atoms with Gasteiger partial charge in [0.05, 0.1) is 11.1 Å². The van der Waals surface area contributed by atoms with Crippen LogP contribution in [-0.2, 0) is 31.7 Å². The molecule has 3 nitrogen and oxygen atoms in total. The summed E-state index contributed by atoms with van der Waals surface area (Å²) in [6.07, 6.45) is -1.82. The van der Waals surface area contributed by atoms with Gasteiger partial charge < -0.3 is 14.4 Å². The second-order valence-electron chi connectivity index (χ2n) is 13.4. The molecule has 8 rings (SSSR count). The number of benzene rings is 5. The number of aromatic nitrogens is 2. The minimum absolute atomic E-state index is 0. The summed E-state index contributed by atoms with van der Waals surface area (Å²) in [5, 5.41) is 3.48. The van der Waals surface area contributed by atoms with Crippen molar-refractivity contribution in [2.45, 2.75) is 52.9 Å². The van der Waals surface area contributed by atoms with E-state index in [-0.39, 0.29) is 47.9 Å². The van der Waals surface area contributed by atoms with Crippen molar-refractivity contribution in [1.82, 2.24) is 9.97 Å². The summed E-state index contributed by atoms with van der Waals surface area (Å²) in [7, 11) is 0. The molecule has 3 aromatic heterocycles. The van der Waals surface area contributed by atoms with Gasteiger partial charge in [0.2, 0.25) is 0 Å². The zero-order valence-corrected chi connectivity index (χ0v) is 31.1. The molecule has 0 aliphatic carbocycles. The number of hydrogen-bond acceptors (Lipinski definition) is 3. The van der Waals surface area contributed by atoms with Gasteiger partial charge in [-0.25, -0.2) is 0 Å². The smallest absolute Gasteiger partial charge is 0.416 e. The third-order valence-electron chi connectivity index (χ3n) is 8.84. The van der Waals surface area contributed by atoms with E-state index >= 15 is 0 Å². The molecule has 0 aliphatic heterocycles. The number of furan rings is 1. The Morgan fingerprint density at radius 3 is 2.13 bits per heavy atom. The van der Waals surface area contributed by atoms with Gasteiger partial charge in [-0.3, -0.25) is 0 Å². The molecule has 0 atom stereocenters. The predicted molar refractivity (Wildman–Crippen MR) is 205 cm³/mol. The average molecular weight is 892 g/mol. The van der Waals surface area contributed by atoms with Crippen molar-refractivity contribution < 1.29 is 50.0 Å². The van der Waals surface area contributed by atoms with E-state index in [0.717, 1.165) is 51.1 Å². The minimum atomic E-state index is -4.79. The summed E-state index contributed by atoms with van der Waals surface area (Å²) >= 11 is 0. The van der Waals surface area contributed by atoms with Crippen molar-refractivity contribution in [3.05, 3.63) is 155 Å². The molecule has 0 bridgehead atoms. The van der Waals surface area contributed by atoms with E-state index in [2.05, 4.69) is 42.9 Å². The minimum Gasteiger partial charge on any atom is -0.500 e. The maximum Gasteiger partial charge on any atom is 0.416 e. The summed E-state index contributed by atoms with van der Waals surface area (Å²) in [5.74, 6) is 0. The van der Waals surface area contributed by atoms with Crippen LogP contribution in [0.4, 0.5) is 13.2 Å². The van der Waals surface area contributed by atoms with Crippen molar-refractivity contribution in [3.8, 4) is 33.6 Å². The molecular formula is C46H37F3IrN2O-2. The molecule has 0 spiro atoms. The van der Waals surface area contributed by atoms with Gasteiger partial charge in [0.1, 0.15) is 5.58 Å². The summed E-state index contributed by atoms with van der Waals surface area (Å²) in [4.78, 5) is 8.80. The fourth-order valence-corrected chi connectivity index (χ4v) is 6.01. The van der Waals surface area contributed by atoms with Gasteiger partial charge in [-0.05, 0) is 75.8 Å². The quantitative estimate of drug-likeness (QED) is 0.166. The van der Waals surface area contributed by atoms with E-state index in [1.807, 2.05) is 60.8 Å². The maximum absolute atomic E-state index is 13.5. The van der Waals surface area contributed by atoms with E-state index in [1.54, 1.807) is 18.2 Å². The number of hydrogen-bond donors (Lipinski definition) is 0. The fourth-order valence-electron chi connectivity index (χ4n) is 6.01. The van der Waals surface area contributed by atoms with Gasteiger partial charge in [0.25, 0.3) is 0 Å². The molecule has 0 saturated heterocycles. The summed E-state index contributed by atoms with van der Waals surface area (Å²) in [5.41, 5.74) is 2.54. The number of rotatable bonds is 3. The van der Waals surface area contributed by atoms with Gasteiger partial charge in [0, 0.05) is 55.6 Å². The Balaban J connectivity index is 0.000000258. The van der Waals surface area contributed by atoms with E-state index in [1.165, 1.54) is 17.7 Å². The van der Waals surface area contributed by atoms with Gasteiger partial charge in [0.15, 0.2) is 0 Å². The van der Waals surface area contributed by atoms with E-state index < -0.39 is 37.9 Å². The summed E-state index contributed by atoms with van der Waals surface area (Å²) < 4.78 is 117. The van der Waals surface area contributed by atoms with E-state index in [9.17, 15) is 13.2 Å². The molecule has 0 aliphatic rings. The Kier molecular flexibility index (Phi) is 7.64. The standard InChI is InChI=1S/C30H19F3NO.C16H18N.Ir/c1-17-14-20(30(31,32)33)11-13-21(17)26-15-27(34-16-18(26)2)25-9-5-8-23-24-12-10-19-6-3-4-7-22(19)28(24)35-29(23)25;1-12-5-7-13(8-6-12)15-10-9-14(11-17-15)16(2,3)4;/h3-8,10-16H,1-2H3;5-7,9-11H,1-4H3;/q2*-1;/i1D3,2D3;1D3;. The second-order valence-corrected chi connectivity index (χ2v) is 13.4. The van der Waals surface area contributed by atoms with Crippen LogP contribution in [0.25, 0.3) is 66.4 Å². The number of aryl methyl sites for hydroxylation is 3. The van der Waals surface area contributed by atoms with Gasteiger partial charge in [-0.15, -0.1) is 53.6 Å². The molecule has 7 heteroatoms. The van der Waals surface area contributed by atoms with Crippen LogP contribution < -0.4 is 0 Å². The number of pyridine rings is 2. The first-order chi connectivity index (χ1) is 28.4. The molecule has 0 unspecified atom stereocenters. The number of fused-ring (bicyclic) bond motifs is 5. The second kappa shape index (κ2) is 14.7. The third-order valence-corrected chi connectivity index (χ3v) is 8.84. The molecule has 1 radical (unpaired) electrons. The largest absolute Gasteiger partial charge is 0.500 e. The Hall–Kier alpha value is -5.10. The molecule has 0 saturated carbocycles. The molecule has 0 fully saturated rings. The van der Waals surface area contributed by atoms with Gasteiger partial charge in [-0.2, -0.15) is 13.2 Å². The van der Waals surface area contributed by atoms with Gasteiger partial charge in [-0.1, -0.05) is 99.2 Å². The molecule has 53 heavy (non-hydrogen) atoms. The summed E-state index contributed by atoms with van der Waals surface area (Å²) in [6, 6.07) is 33.7. The van der Waals surface area contributed by atoms with Crippen molar-refractivity contribution >= 4 is 32.7 Å². The Morgan fingerprint density at radius 1 is 0.660 bits per heavy atom. The maximum atomic E-state index is 13.5. The van der Waals surface area contributed by atoms with Crippen molar-refractivity contribution in [1.29, 1.82) is 0 Å². The van der Waals surface area contributed by atoms with Crippen molar-refractivity contribution in [2.75, 3.05) is 0 Å². The number of alkyl halides is 3. The van der Waals surface area contributed by atoms with Gasteiger partial charge >= 0.3 is 6.18 Å². The predicted octanol–water partition coefficient (Wildman–Crippen LogP) is 13.1. The van der Waals surface area contributed by atoms with Crippen molar-refractivity contribution in [3.63, 3.8) is 0 Å². The Labute approximate surface area is 333 Å². The van der Waals surface area contributed by atoms with E-state index in [0.29, 0.717) is 28.4 Å². The van der Waals surface area contributed by atoms with Crippen LogP contribution in [0.3, 0.4) is 0 Å². The average Bonchev–Trinajstić information content (AvgIpc) is 3.59. The molecule has 8 aromatic rings. The molecule has 5 aromatic carbocycles. The van der Waals surface area contributed by atoms with Crippen LogP contribution in [0.5, 0.6) is 0 Å². The summed E-state index contributed by atoms with van der Waals surface area (Å²) in [6.45, 7) is -1.36. The molecule has 3 heterocycles. The molecular weight excluding hydrogens is 846 g/mol. The Bertz CT molecular complexity index is 2840. The third kappa shape index (κ3) is 7.69. The number of halogens is 3. The van der Waals surface area contributed by atoms with Crippen LogP contribution in [0, 0.1) is 32.7 Å². The molecule has 0 amide bonds. The molecule has 0 N–H and O–H groups in total. The first kappa shape index (κ1) is 27.5. The zero-order chi connectivity index (χ0) is 44.3. The first-order valence-corrected chi connectivity index (χ1v) is 16.4. The fraction of sp³-hybridized carbons (Fsp3) is 0.174. The topological polar surface area (TPSA) is 38.9 Å². The van der Waals surface area contributed by atoms with Crippen LogP contribution in [0.2, 0.25) is 0 Å². The van der Waals surface area contributed by atoms with Crippen LogP contribution in [0.1, 0.15) is 60.9 Å². The monoisotopic (exact) mass is 892 g/mol. The van der Waals surface area contributed by atoms with Crippen LogP contribution in [0.15, 0.2) is 120 Å². The van der Waals surface area contributed by atoms with E-state index in [4.69, 9.17) is 16.8 Å². The van der Waals surface area contributed by atoms with Crippen LogP contribution in [-0.4, -0.2) is 9.97 Å². The van der Waals surface area contributed by atoms with Crippen LogP contribution >= 0.6 is 0 Å². The zero-order valence-electron chi connectivity index (χ0n) is 37.7. The number of nitrogens with zero attached hydrogens (tertiary/aromatic N) is 2. The molecule has 269 valence electrons. The van der Waals surface area contributed by atoms with Crippen molar-refractivity contribution in [2.24, 2.45) is 0 Å². The SMILES string of the molecule is [2H]C([2H])([2H])c1c[c-]c(-c2ccc(C(C)(C)C)cn2)cc1.[2H]C([2H])([2H])c1cnc(-c2[c-]ccc3c2oc2c4ccccc4ccc32)cc1-c1ccc(C(F)(F)F)cc1C([2H])([2H])[2H].[Ir]. The first-order valence-electron chi connectivity index (χ1n) is 20.9. The normalized spacial score (nSPS) is 14.9.